The molecule has 9 nitrogen and oxygen atoms in total. The zero-order valence-electron chi connectivity index (χ0n) is 21.5. The zero-order chi connectivity index (χ0) is 25.1. The van der Waals surface area contributed by atoms with Gasteiger partial charge in [0.15, 0.2) is 0 Å². The van der Waals surface area contributed by atoms with Crippen molar-refractivity contribution in [2.45, 2.75) is 25.8 Å². The summed E-state index contributed by atoms with van der Waals surface area (Å²) in [4.78, 5) is 19.1. The van der Waals surface area contributed by atoms with Crippen LogP contribution in [0.1, 0.15) is 23.7 Å². The zero-order valence-corrected chi connectivity index (χ0v) is 21.5. The first-order chi connectivity index (χ1) is 17.5. The van der Waals surface area contributed by atoms with Gasteiger partial charge in [0.2, 0.25) is 5.95 Å². The number of aromatic nitrogens is 3. The molecule has 0 aliphatic carbocycles. The largest absolute Gasteiger partial charge is 0.384 e. The Morgan fingerprint density at radius 3 is 2.72 bits per heavy atom. The molecule has 190 valence electrons. The lowest BCUT2D eigenvalue weighted by atomic mass is 9.87. The fourth-order valence-electron chi connectivity index (χ4n) is 5.12. The van der Waals surface area contributed by atoms with Crippen LogP contribution in [0.3, 0.4) is 0 Å². The molecule has 36 heavy (non-hydrogen) atoms. The lowest BCUT2D eigenvalue weighted by molar-refractivity contribution is 0.122. The fraction of sp³-hybridized carbons (Fsp3) is 0.444. The number of hydrogen-bond acceptors (Lipinski definition) is 9. The molecule has 1 fully saturated rings. The Morgan fingerprint density at radius 1 is 1.14 bits per heavy atom. The van der Waals surface area contributed by atoms with Gasteiger partial charge in [-0.2, -0.15) is 4.98 Å². The molecule has 0 bridgehead atoms. The van der Waals surface area contributed by atoms with Crippen LogP contribution in [0.15, 0.2) is 42.6 Å². The molecule has 1 aromatic carbocycles. The highest BCUT2D eigenvalue weighted by atomic mass is 16.5. The van der Waals surface area contributed by atoms with E-state index in [-0.39, 0.29) is 5.41 Å². The minimum atomic E-state index is -0.236. The van der Waals surface area contributed by atoms with Crippen molar-refractivity contribution in [1.29, 1.82) is 0 Å². The number of hydrogen-bond donors (Lipinski definition) is 2. The van der Waals surface area contributed by atoms with Crippen molar-refractivity contribution in [3.63, 3.8) is 0 Å². The number of rotatable bonds is 8. The second kappa shape index (κ2) is 10.4. The Balaban J connectivity index is 1.44. The number of morpholine rings is 1. The maximum absolute atomic E-state index is 5.59. The van der Waals surface area contributed by atoms with Crippen LogP contribution in [0.2, 0.25) is 0 Å². The standard InChI is InChI=1S/C27H35N7O2/c1-19-14-20(8-9-23(19)33-10-12-36-13-11-33)31-26-29-16-22-25(32-26)34(17-27(22,2)18-35-4)24-7-5-6-21(30-24)15-28-3/h5-9,14,16,28H,10-13,15,17-18H2,1-4H3,(H,29,31,32). The van der Waals surface area contributed by atoms with E-state index in [4.69, 9.17) is 19.4 Å². The Labute approximate surface area is 212 Å². The summed E-state index contributed by atoms with van der Waals surface area (Å²) in [5, 5.41) is 6.59. The highest BCUT2D eigenvalue weighted by molar-refractivity contribution is 5.70. The van der Waals surface area contributed by atoms with Gasteiger partial charge in [0.1, 0.15) is 11.6 Å². The van der Waals surface area contributed by atoms with Gasteiger partial charge in [-0.1, -0.05) is 13.0 Å². The molecule has 1 saturated heterocycles. The molecule has 0 saturated carbocycles. The summed E-state index contributed by atoms with van der Waals surface area (Å²) in [6.45, 7) is 9.71. The normalized spacial score (nSPS) is 19.4. The monoisotopic (exact) mass is 489 g/mol. The van der Waals surface area contributed by atoms with Crippen LogP contribution in [0, 0.1) is 6.92 Å². The maximum atomic E-state index is 5.59. The number of aryl methyl sites for hydroxylation is 1. The molecule has 2 N–H and O–H groups in total. The Morgan fingerprint density at radius 2 is 1.97 bits per heavy atom. The highest BCUT2D eigenvalue weighted by Gasteiger charge is 2.42. The third kappa shape index (κ3) is 4.86. The molecule has 1 atom stereocenters. The number of pyridine rings is 1. The Kier molecular flexibility index (Phi) is 7.04. The maximum Gasteiger partial charge on any atom is 0.229 e. The van der Waals surface area contributed by atoms with Gasteiger partial charge in [0.05, 0.1) is 25.5 Å². The van der Waals surface area contributed by atoms with Crippen molar-refractivity contribution in [2.24, 2.45) is 0 Å². The molecule has 3 aromatic rings. The van der Waals surface area contributed by atoms with Gasteiger partial charge in [-0.3, -0.25) is 0 Å². The van der Waals surface area contributed by atoms with Crippen molar-refractivity contribution < 1.29 is 9.47 Å². The molecule has 2 aliphatic heterocycles. The van der Waals surface area contributed by atoms with E-state index in [1.807, 2.05) is 31.4 Å². The number of nitrogens with zero attached hydrogens (tertiary/aromatic N) is 5. The van der Waals surface area contributed by atoms with Crippen LogP contribution in [0.5, 0.6) is 0 Å². The number of fused-ring (bicyclic) bond motifs is 1. The second-order valence-corrected chi connectivity index (χ2v) is 9.75. The van der Waals surface area contributed by atoms with Crippen molar-refractivity contribution in [3.05, 3.63) is 59.4 Å². The lowest BCUT2D eigenvalue weighted by Crippen LogP contribution is -2.36. The molecule has 1 unspecified atom stereocenters. The van der Waals surface area contributed by atoms with Crippen LogP contribution in [-0.4, -0.2) is 68.6 Å². The van der Waals surface area contributed by atoms with E-state index in [0.717, 1.165) is 61.4 Å². The van der Waals surface area contributed by atoms with Crippen molar-refractivity contribution in [2.75, 3.05) is 68.7 Å². The van der Waals surface area contributed by atoms with Crippen LogP contribution in [0.4, 0.5) is 29.0 Å². The summed E-state index contributed by atoms with van der Waals surface area (Å²) in [6.07, 6.45) is 1.93. The topological polar surface area (TPSA) is 87.7 Å². The number of anilines is 5. The summed E-state index contributed by atoms with van der Waals surface area (Å²) >= 11 is 0. The van der Waals surface area contributed by atoms with Gasteiger partial charge >= 0.3 is 0 Å². The SMILES string of the molecule is CNCc1cccc(N2CC(C)(COC)c3cnc(Nc4ccc(N5CCOCC5)c(C)c4)nc32)n1. The van der Waals surface area contributed by atoms with Gasteiger partial charge in [-0.25, -0.2) is 9.97 Å². The molecule has 0 amide bonds. The van der Waals surface area contributed by atoms with E-state index in [0.29, 0.717) is 19.1 Å². The smallest absolute Gasteiger partial charge is 0.229 e. The lowest BCUT2D eigenvalue weighted by Gasteiger charge is -2.30. The van der Waals surface area contributed by atoms with Gasteiger partial charge < -0.3 is 29.9 Å². The predicted octanol–water partition coefficient (Wildman–Crippen LogP) is 3.54. The highest BCUT2D eigenvalue weighted by Crippen LogP contribution is 2.43. The molecule has 2 aromatic heterocycles. The third-order valence-corrected chi connectivity index (χ3v) is 6.88. The van der Waals surface area contributed by atoms with Crippen LogP contribution in [-0.2, 0) is 21.4 Å². The summed E-state index contributed by atoms with van der Waals surface area (Å²) in [5.74, 6) is 2.30. The van der Waals surface area contributed by atoms with E-state index >= 15 is 0 Å². The van der Waals surface area contributed by atoms with Crippen molar-refractivity contribution >= 4 is 29.0 Å². The average molecular weight is 490 g/mol. The van der Waals surface area contributed by atoms with Crippen LogP contribution < -0.4 is 20.4 Å². The summed E-state index contributed by atoms with van der Waals surface area (Å²) in [6, 6.07) is 12.5. The minimum Gasteiger partial charge on any atom is -0.384 e. The summed E-state index contributed by atoms with van der Waals surface area (Å²) in [7, 11) is 3.66. The van der Waals surface area contributed by atoms with Crippen LogP contribution >= 0.6 is 0 Å². The molecule has 0 radical (unpaired) electrons. The predicted molar refractivity (Wildman–Crippen MR) is 143 cm³/mol. The minimum absolute atomic E-state index is 0.236. The van der Waals surface area contributed by atoms with E-state index in [2.05, 4.69) is 57.5 Å². The Hall–Kier alpha value is -3.27. The van der Waals surface area contributed by atoms with E-state index in [1.54, 1.807) is 7.11 Å². The second-order valence-electron chi connectivity index (χ2n) is 9.75. The van der Waals surface area contributed by atoms with Gasteiger partial charge in [-0.15, -0.1) is 0 Å². The first-order valence-corrected chi connectivity index (χ1v) is 12.5. The molecule has 9 heteroatoms. The van der Waals surface area contributed by atoms with E-state index in [1.165, 1.54) is 11.3 Å². The first-order valence-electron chi connectivity index (χ1n) is 12.5. The van der Waals surface area contributed by atoms with E-state index < -0.39 is 0 Å². The molecule has 2 aliphatic rings. The van der Waals surface area contributed by atoms with E-state index in [9.17, 15) is 0 Å². The average Bonchev–Trinajstić information content (AvgIpc) is 3.17. The Bertz CT molecular complexity index is 1210. The van der Waals surface area contributed by atoms with Gasteiger partial charge in [0.25, 0.3) is 0 Å². The number of nitrogens with one attached hydrogen (secondary N) is 2. The molecule has 5 rings (SSSR count). The third-order valence-electron chi connectivity index (χ3n) is 6.88. The number of benzene rings is 1. The van der Waals surface area contributed by atoms with Gasteiger partial charge in [0, 0.05) is 61.8 Å². The molecular formula is C27H35N7O2. The van der Waals surface area contributed by atoms with Crippen molar-refractivity contribution in [1.82, 2.24) is 20.3 Å². The first kappa shape index (κ1) is 24.4. The summed E-state index contributed by atoms with van der Waals surface area (Å²) < 4.78 is 11.1. The number of methoxy groups -OCH3 is 1. The molecule has 4 heterocycles. The van der Waals surface area contributed by atoms with Gasteiger partial charge in [-0.05, 0) is 49.9 Å². The van der Waals surface area contributed by atoms with Crippen LogP contribution in [0.25, 0.3) is 0 Å². The fourth-order valence-corrected chi connectivity index (χ4v) is 5.12. The molecule has 0 spiro atoms. The summed E-state index contributed by atoms with van der Waals surface area (Å²) in [5.41, 5.74) is 5.23. The number of ether oxygens (including phenoxy) is 2. The quantitative estimate of drug-likeness (QED) is 0.493. The molecular weight excluding hydrogens is 454 g/mol. The van der Waals surface area contributed by atoms with Crippen molar-refractivity contribution in [3.8, 4) is 0 Å².